The molecule has 4 rings (SSSR count). The smallest absolute Gasteiger partial charge is 0.269 e. The lowest BCUT2D eigenvalue weighted by molar-refractivity contribution is 0.0957. The molecular weight excluding hydrogens is 387 g/mol. The quantitative estimate of drug-likeness (QED) is 0.689. The van der Waals surface area contributed by atoms with Gasteiger partial charge in [0.05, 0.1) is 5.69 Å². The molecule has 160 valence electrons. The third kappa shape index (κ3) is 4.21. The van der Waals surface area contributed by atoms with Crippen molar-refractivity contribution in [3.05, 3.63) is 51.7 Å². The summed E-state index contributed by atoms with van der Waals surface area (Å²) < 4.78 is 14.4. The minimum atomic E-state index is -0.614. The molecule has 1 aliphatic carbocycles. The van der Waals surface area contributed by atoms with Crippen LogP contribution in [-0.4, -0.2) is 65.5 Å². The number of aromatic amines is 1. The summed E-state index contributed by atoms with van der Waals surface area (Å²) in [4.78, 5) is 39.1. The molecule has 2 aliphatic rings. The average Bonchev–Trinajstić information content (AvgIpc) is 3.52. The van der Waals surface area contributed by atoms with Crippen LogP contribution >= 0.6 is 0 Å². The van der Waals surface area contributed by atoms with E-state index in [0.717, 1.165) is 37.4 Å². The number of piperazine rings is 1. The van der Waals surface area contributed by atoms with Crippen molar-refractivity contribution in [2.75, 3.05) is 44.7 Å². The minimum Gasteiger partial charge on any atom is -0.365 e. The van der Waals surface area contributed by atoms with Crippen LogP contribution in [0.1, 0.15) is 41.1 Å². The van der Waals surface area contributed by atoms with Crippen LogP contribution in [0.2, 0.25) is 0 Å². The van der Waals surface area contributed by atoms with Crippen molar-refractivity contribution in [3.63, 3.8) is 0 Å². The molecule has 2 fully saturated rings. The number of carbonyl (C=O) groups is 1. The highest BCUT2D eigenvalue weighted by Crippen LogP contribution is 2.46. The van der Waals surface area contributed by atoms with Crippen LogP contribution in [0.15, 0.2) is 23.1 Å². The zero-order valence-corrected chi connectivity index (χ0v) is 17.3. The molecule has 2 unspecified atom stereocenters. The molecular formula is C21H27FN6O2. The number of halogens is 1. The molecule has 8 nitrogen and oxygen atoms in total. The highest BCUT2D eigenvalue weighted by molar-refractivity contribution is 5.92. The Labute approximate surface area is 174 Å². The number of rotatable bonds is 6. The van der Waals surface area contributed by atoms with Gasteiger partial charge in [-0.2, -0.15) is 4.39 Å². The molecule has 3 heterocycles. The molecule has 9 heteroatoms. The van der Waals surface area contributed by atoms with E-state index in [4.69, 9.17) is 0 Å². The van der Waals surface area contributed by atoms with Crippen molar-refractivity contribution in [1.82, 2.24) is 25.2 Å². The van der Waals surface area contributed by atoms with Crippen molar-refractivity contribution in [2.45, 2.75) is 25.7 Å². The van der Waals surface area contributed by atoms with E-state index in [1.54, 1.807) is 18.3 Å². The third-order valence-corrected chi connectivity index (χ3v) is 6.04. The van der Waals surface area contributed by atoms with E-state index in [-0.39, 0.29) is 11.3 Å². The SMILES string of the molecule is CCc1cnc(C2CC2CN2CCN(c3ccc(C(=O)NC)nc3F)CC2)[nH]c1=O. The van der Waals surface area contributed by atoms with Crippen molar-refractivity contribution < 1.29 is 9.18 Å². The summed E-state index contributed by atoms with van der Waals surface area (Å²) in [6, 6.07) is 3.18. The van der Waals surface area contributed by atoms with Crippen LogP contribution < -0.4 is 15.8 Å². The van der Waals surface area contributed by atoms with E-state index >= 15 is 0 Å². The van der Waals surface area contributed by atoms with Crippen molar-refractivity contribution >= 4 is 11.6 Å². The molecule has 1 saturated carbocycles. The van der Waals surface area contributed by atoms with Gasteiger partial charge in [0.2, 0.25) is 5.95 Å². The Kier molecular flexibility index (Phi) is 5.80. The first kappa shape index (κ1) is 20.5. The molecule has 1 amide bonds. The van der Waals surface area contributed by atoms with Crippen LogP contribution in [-0.2, 0) is 6.42 Å². The summed E-state index contributed by atoms with van der Waals surface area (Å²) in [6.45, 7) is 5.97. The number of aryl methyl sites for hydroxylation is 1. The Morgan fingerprint density at radius 2 is 2.07 bits per heavy atom. The first-order valence-electron chi connectivity index (χ1n) is 10.4. The predicted molar refractivity (Wildman–Crippen MR) is 111 cm³/mol. The summed E-state index contributed by atoms with van der Waals surface area (Å²) in [5.41, 5.74) is 1.21. The van der Waals surface area contributed by atoms with Crippen LogP contribution in [0, 0.1) is 11.9 Å². The van der Waals surface area contributed by atoms with Gasteiger partial charge in [-0.3, -0.25) is 14.5 Å². The summed E-state index contributed by atoms with van der Waals surface area (Å²) in [7, 11) is 1.49. The van der Waals surface area contributed by atoms with Gasteiger partial charge in [-0.05, 0) is 30.9 Å². The summed E-state index contributed by atoms with van der Waals surface area (Å²) in [5, 5.41) is 2.45. The largest absolute Gasteiger partial charge is 0.365 e. The van der Waals surface area contributed by atoms with Crippen LogP contribution in [0.5, 0.6) is 0 Å². The first-order valence-corrected chi connectivity index (χ1v) is 10.4. The number of hydrogen-bond acceptors (Lipinski definition) is 6. The van der Waals surface area contributed by atoms with Crippen LogP contribution in [0.25, 0.3) is 0 Å². The highest BCUT2D eigenvalue weighted by Gasteiger charge is 2.41. The monoisotopic (exact) mass is 414 g/mol. The van der Waals surface area contributed by atoms with E-state index in [9.17, 15) is 14.0 Å². The number of anilines is 1. The number of H-pyrrole nitrogens is 1. The van der Waals surface area contributed by atoms with Gasteiger partial charge in [0.25, 0.3) is 11.5 Å². The summed E-state index contributed by atoms with van der Waals surface area (Å²) in [5.74, 6) is 0.602. The molecule has 30 heavy (non-hydrogen) atoms. The predicted octanol–water partition coefficient (Wildman–Crippen LogP) is 1.15. The van der Waals surface area contributed by atoms with Gasteiger partial charge in [0, 0.05) is 57.4 Å². The molecule has 2 aromatic rings. The number of amides is 1. The molecule has 0 bridgehead atoms. The maximum Gasteiger partial charge on any atom is 0.269 e. The molecule has 1 aliphatic heterocycles. The lowest BCUT2D eigenvalue weighted by Gasteiger charge is -2.36. The van der Waals surface area contributed by atoms with Crippen LogP contribution in [0.4, 0.5) is 10.1 Å². The van der Waals surface area contributed by atoms with E-state index in [1.807, 2.05) is 11.8 Å². The Morgan fingerprint density at radius 1 is 1.30 bits per heavy atom. The maximum absolute atomic E-state index is 14.4. The van der Waals surface area contributed by atoms with Crippen molar-refractivity contribution in [3.8, 4) is 0 Å². The number of pyridine rings is 1. The lowest BCUT2D eigenvalue weighted by Crippen LogP contribution is -2.47. The molecule has 2 N–H and O–H groups in total. The van der Waals surface area contributed by atoms with Crippen molar-refractivity contribution in [1.29, 1.82) is 0 Å². The van der Waals surface area contributed by atoms with E-state index < -0.39 is 11.9 Å². The molecule has 0 spiro atoms. The fourth-order valence-corrected chi connectivity index (χ4v) is 4.08. The van der Waals surface area contributed by atoms with E-state index in [1.165, 1.54) is 7.05 Å². The molecule has 2 atom stereocenters. The third-order valence-electron chi connectivity index (χ3n) is 6.04. The average molecular weight is 414 g/mol. The number of hydrogen-bond donors (Lipinski definition) is 2. The van der Waals surface area contributed by atoms with E-state index in [2.05, 4.69) is 25.2 Å². The molecule has 0 aromatic carbocycles. The van der Waals surface area contributed by atoms with E-state index in [0.29, 0.717) is 37.0 Å². The Balaban J connectivity index is 1.30. The second kappa shape index (κ2) is 8.51. The lowest BCUT2D eigenvalue weighted by atomic mass is 10.2. The summed E-state index contributed by atoms with van der Waals surface area (Å²) in [6.07, 6.45) is 3.42. The Morgan fingerprint density at radius 3 is 2.70 bits per heavy atom. The van der Waals surface area contributed by atoms with Gasteiger partial charge in [-0.1, -0.05) is 6.92 Å². The van der Waals surface area contributed by atoms with Gasteiger partial charge in [0.15, 0.2) is 0 Å². The van der Waals surface area contributed by atoms with Gasteiger partial charge < -0.3 is 15.2 Å². The Bertz CT molecular complexity index is 986. The topological polar surface area (TPSA) is 94.2 Å². The van der Waals surface area contributed by atoms with Gasteiger partial charge in [-0.25, -0.2) is 9.97 Å². The van der Waals surface area contributed by atoms with Crippen LogP contribution in [0.3, 0.4) is 0 Å². The zero-order chi connectivity index (χ0) is 21.3. The first-order chi connectivity index (χ1) is 14.5. The van der Waals surface area contributed by atoms with Gasteiger partial charge >= 0.3 is 0 Å². The van der Waals surface area contributed by atoms with Gasteiger partial charge in [0.1, 0.15) is 11.5 Å². The number of carbonyl (C=O) groups excluding carboxylic acids is 1. The highest BCUT2D eigenvalue weighted by atomic mass is 19.1. The second-order valence-corrected chi connectivity index (χ2v) is 7.95. The standard InChI is InChI=1S/C21H27FN6O2/c1-3-13-11-24-19(26-20(13)29)15-10-14(15)12-27-6-8-28(9-7-27)17-5-4-16(21(30)23-2)25-18(17)22/h4-5,11,14-15H,3,6-10,12H2,1-2H3,(H,23,30)(H,24,26,29). The number of nitrogens with zero attached hydrogens (tertiary/aromatic N) is 4. The fourth-order valence-electron chi connectivity index (χ4n) is 4.08. The van der Waals surface area contributed by atoms with Gasteiger partial charge in [-0.15, -0.1) is 0 Å². The normalized spacial score (nSPS) is 21.5. The molecule has 1 saturated heterocycles. The molecule has 0 radical (unpaired) electrons. The molecule has 2 aromatic heterocycles. The number of aromatic nitrogens is 3. The second-order valence-electron chi connectivity index (χ2n) is 7.95. The Hall–Kier alpha value is -2.81. The zero-order valence-electron chi connectivity index (χ0n) is 17.3. The summed E-state index contributed by atoms with van der Waals surface area (Å²) >= 11 is 0. The fraction of sp³-hybridized carbons (Fsp3) is 0.524. The number of nitrogens with one attached hydrogen (secondary N) is 2. The van der Waals surface area contributed by atoms with Crippen molar-refractivity contribution in [2.24, 2.45) is 5.92 Å². The minimum absolute atomic E-state index is 0.0279. The maximum atomic E-state index is 14.4.